The second-order valence-corrected chi connectivity index (χ2v) is 4.22. The van der Waals surface area contributed by atoms with Gasteiger partial charge in [0.2, 0.25) is 0 Å². The molecule has 0 radical (unpaired) electrons. The molecule has 0 aromatic heterocycles. The predicted molar refractivity (Wildman–Crippen MR) is 63.3 cm³/mol. The number of allylic oxidation sites excluding steroid dienone is 1. The summed E-state index contributed by atoms with van der Waals surface area (Å²) in [6, 6.07) is 9.15. The molecule has 2 rings (SSSR count). The number of ether oxygens (including phenoxy) is 1. The van der Waals surface area contributed by atoms with E-state index < -0.39 is 0 Å². The molecule has 1 aromatic carbocycles. The summed E-state index contributed by atoms with van der Waals surface area (Å²) in [5.74, 6) is -0.210. The van der Waals surface area contributed by atoms with Crippen LogP contribution in [0.2, 0.25) is 0 Å². The molecule has 84 valence electrons. The van der Waals surface area contributed by atoms with E-state index in [0.29, 0.717) is 5.56 Å². The molecule has 1 aliphatic carbocycles. The number of carbonyl (C=O) groups excluding carboxylic acids is 1. The summed E-state index contributed by atoms with van der Waals surface area (Å²) in [4.78, 5) is 11.7. The number of esters is 1. The molecule has 0 spiro atoms. The molecule has 0 amide bonds. The SMILES string of the molecule is C=C1CCC(OC(=O)c2ccccc2)CC1. The molecule has 0 saturated heterocycles. The minimum atomic E-state index is -0.210. The Morgan fingerprint density at radius 3 is 2.44 bits per heavy atom. The molecule has 0 N–H and O–H groups in total. The van der Waals surface area contributed by atoms with Crippen LogP contribution in [0.3, 0.4) is 0 Å². The third-order valence-corrected chi connectivity index (χ3v) is 2.92. The van der Waals surface area contributed by atoms with Crippen LogP contribution in [-0.2, 0) is 4.74 Å². The quantitative estimate of drug-likeness (QED) is 0.560. The number of hydrogen-bond acceptors (Lipinski definition) is 2. The second kappa shape index (κ2) is 4.97. The number of rotatable bonds is 2. The maximum atomic E-state index is 11.7. The van der Waals surface area contributed by atoms with Crippen LogP contribution in [-0.4, -0.2) is 12.1 Å². The van der Waals surface area contributed by atoms with Crippen molar-refractivity contribution in [3.63, 3.8) is 0 Å². The highest BCUT2D eigenvalue weighted by molar-refractivity contribution is 5.89. The lowest BCUT2D eigenvalue weighted by molar-refractivity contribution is 0.0239. The van der Waals surface area contributed by atoms with E-state index >= 15 is 0 Å². The third-order valence-electron chi connectivity index (χ3n) is 2.92. The van der Waals surface area contributed by atoms with Crippen molar-refractivity contribution in [1.82, 2.24) is 0 Å². The molecule has 0 atom stereocenters. The predicted octanol–water partition coefficient (Wildman–Crippen LogP) is 3.34. The summed E-state index contributed by atoms with van der Waals surface area (Å²) >= 11 is 0. The highest BCUT2D eigenvalue weighted by Crippen LogP contribution is 2.24. The summed E-state index contributed by atoms with van der Waals surface area (Å²) in [7, 11) is 0. The van der Waals surface area contributed by atoms with Crippen molar-refractivity contribution in [2.24, 2.45) is 0 Å². The Bertz CT molecular complexity index is 371. The van der Waals surface area contributed by atoms with E-state index in [1.807, 2.05) is 18.2 Å². The van der Waals surface area contributed by atoms with Crippen molar-refractivity contribution in [2.45, 2.75) is 31.8 Å². The first-order chi connectivity index (χ1) is 7.75. The van der Waals surface area contributed by atoms with E-state index in [-0.39, 0.29) is 12.1 Å². The van der Waals surface area contributed by atoms with Crippen molar-refractivity contribution in [3.8, 4) is 0 Å². The molecule has 0 aliphatic heterocycles. The van der Waals surface area contributed by atoms with Gasteiger partial charge in [0.05, 0.1) is 5.56 Å². The fourth-order valence-corrected chi connectivity index (χ4v) is 1.91. The largest absolute Gasteiger partial charge is 0.459 e. The fraction of sp³-hybridized carbons (Fsp3) is 0.357. The average molecular weight is 216 g/mol. The molecule has 1 aromatic rings. The van der Waals surface area contributed by atoms with Gasteiger partial charge in [-0.2, -0.15) is 0 Å². The summed E-state index contributed by atoms with van der Waals surface area (Å²) in [5, 5.41) is 0. The minimum absolute atomic E-state index is 0.0678. The highest BCUT2D eigenvalue weighted by Gasteiger charge is 2.19. The molecule has 0 bridgehead atoms. The monoisotopic (exact) mass is 216 g/mol. The van der Waals surface area contributed by atoms with Crippen molar-refractivity contribution in [3.05, 3.63) is 48.0 Å². The third kappa shape index (κ3) is 2.72. The minimum Gasteiger partial charge on any atom is -0.459 e. The molecule has 0 heterocycles. The van der Waals surface area contributed by atoms with Gasteiger partial charge in [0.15, 0.2) is 0 Å². The van der Waals surface area contributed by atoms with Crippen LogP contribution in [0.4, 0.5) is 0 Å². The van der Waals surface area contributed by atoms with Gasteiger partial charge in [-0.1, -0.05) is 30.4 Å². The molecule has 0 unspecified atom stereocenters. The maximum absolute atomic E-state index is 11.7. The van der Waals surface area contributed by atoms with Crippen LogP contribution in [0.1, 0.15) is 36.0 Å². The Morgan fingerprint density at radius 1 is 1.19 bits per heavy atom. The Balaban J connectivity index is 1.91. The van der Waals surface area contributed by atoms with Gasteiger partial charge in [0.1, 0.15) is 6.10 Å². The van der Waals surface area contributed by atoms with Crippen LogP contribution < -0.4 is 0 Å². The molecule has 16 heavy (non-hydrogen) atoms. The average Bonchev–Trinajstić information content (AvgIpc) is 2.33. The lowest BCUT2D eigenvalue weighted by Crippen LogP contribution is -2.21. The van der Waals surface area contributed by atoms with Gasteiger partial charge in [0.25, 0.3) is 0 Å². The smallest absolute Gasteiger partial charge is 0.338 e. The zero-order chi connectivity index (χ0) is 11.4. The van der Waals surface area contributed by atoms with E-state index in [2.05, 4.69) is 6.58 Å². The van der Waals surface area contributed by atoms with Crippen LogP contribution in [0.25, 0.3) is 0 Å². The lowest BCUT2D eigenvalue weighted by atomic mass is 9.94. The molecule has 2 nitrogen and oxygen atoms in total. The summed E-state index contributed by atoms with van der Waals surface area (Å²) < 4.78 is 5.45. The Kier molecular flexibility index (Phi) is 3.40. The highest BCUT2D eigenvalue weighted by atomic mass is 16.5. The topological polar surface area (TPSA) is 26.3 Å². The lowest BCUT2D eigenvalue weighted by Gasteiger charge is -2.23. The Morgan fingerprint density at radius 2 is 1.81 bits per heavy atom. The van der Waals surface area contributed by atoms with E-state index in [1.54, 1.807) is 12.1 Å². The van der Waals surface area contributed by atoms with Crippen LogP contribution in [0, 0.1) is 0 Å². The first-order valence-electron chi connectivity index (χ1n) is 5.68. The molecule has 1 aliphatic rings. The number of benzene rings is 1. The zero-order valence-corrected chi connectivity index (χ0v) is 9.32. The second-order valence-electron chi connectivity index (χ2n) is 4.22. The standard InChI is InChI=1S/C14H16O2/c1-11-7-9-13(10-8-11)16-14(15)12-5-3-2-4-6-12/h2-6,13H,1,7-10H2. The molecular weight excluding hydrogens is 200 g/mol. The van der Waals surface area contributed by atoms with E-state index in [0.717, 1.165) is 25.7 Å². The normalized spacial score (nSPS) is 17.1. The Hall–Kier alpha value is -1.57. The van der Waals surface area contributed by atoms with Gasteiger partial charge >= 0.3 is 5.97 Å². The Labute approximate surface area is 95.9 Å². The number of hydrogen-bond donors (Lipinski definition) is 0. The van der Waals surface area contributed by atoms with Crippen LogP contribution in [0.5, 0.6) is 0 Å². The van der Waals surface area contributed by atoms with Crippen LogP contribution >= 0.6 is 0 Å². The summed E-state index contributed by atoms with van der Waals surface area (Å²) in [6.07, 6.45) is 3.85. The summed E-state index contributed by atoms with van der Waals surface area (Å²) in [5.41, 5.74) is 1.90. The van der Waals surface area contributed by atoms with Gasteiger partial charge in [-0.05, 0) is 37.8 Å². The molecule has 1 fully saturated rings. The van der Waals surface area contributed by atoms with Crippen molar-refractivity contribution in [1.29, 1.82) is 0 Å². The zero-order valence-electron chi connectivity index (χ0n) is 9.32. The van der Waals surface area contributed by atoms with Crippen molar-refractivity contribution in [2.75, 3.05) is 0 Å². The van der Waals surface area contributed by atoms with Crippen molar-refractivity contribution >= 4 is 5.97 Å². The van der Waals surface area contributed by atoms with Gasteiger partial charge in [-0.25, -0.2) is 4.79 Å². The van der Waals surface area contributed by atoms with Gasteiger partial charge in [-0.3, -0.25) is 0 Å². The van der Waals surface area contributed by atoms with E-state index in [1.165, 1.54) is 5.57 Å². The fourth-order valence-electron chi connectivity index (χ4n) is 1.91. The summed E-state index contributed by atoms with van der Waals surface area (Å²) in [6.45, 7) is 3.95. The maximum Gasteiger partial charge on any atom is 0.338 e. The van der Waals surface area contributed by atoms with E-state index in [4.69, 9.17) is 4.74 Å². The van der Waals surface area contributed by atoms with E-state index in [9.17, 15) is 4.79 Å². The van der Waals surface area contributed by atoms with Gasteiger partial charge < -0.3 is 4.74 Å². The molecule has 2 heteroatoms. The first kappa shape index (κ1) is 10.9. The van der Waals surface area contributed by atoms with Gasteiger partial charge in [-0.15, -0.1) is 0 Å². The first-order valence-corrected chi connectivity index (χ1v) is 5.68. The number of carbonyl (C=O) groups is 1. The van der Waals surface area contributed by atoms with Crippen molar-refractivity contribution < 1.29 is 9.53 Å². The molecular formula is C14H16O2. The molecule has 1 saturated carbocycles. The van der Waals surface area contributed by atoms with Gasteiger partial charge in [0, 0.05) is 0 Å². The van der Waals surface area contributed by atoms with Crippen LogP contribution in [0.15, 0.2) is 42.5 Å².